The van der Waals surface area contributed by atoms with Crippen LogP contribution in [0.25, 0.3) is 5.69 Å². The van der Waals surface area contributed by atoms with Crippen LogP contribution in [0.5, 0.6) is 5.75 Å². The summed E-state index contributed by atoms with van der Waals surface area (Å²) in [6, 6.07) is 26.5. The summed E-state index contributed by atoms with van der Waals surface area (Å²) >= 11 is 5.85. The lowest BCUT2D eigenvalue weighted by Crippen LogP contribution is -2.30. The van der Waals surface area contributed by atoms with Gasteiger partial charge in [-0.25, -0.2) is 0 Å². The van der Waals surface area contributed by atoms with E-state index in [9.17, 15) is 0 Å². The fraction of sp³-hybridized carbons (Fsp3) is 0.154. The van der Waals surface area contributed by atoms with Crippen LogP contribution < -0.4 is 15.0 Å². The molecule has 1 N–H and O–H groups in total. The van der Waals surface area contributed by atoms with Gasteiger partial charge in [0.15, 0.2) is 5.11 Å². The van der Waals surface area contributed by atoms with Crippen molar-refractivity contribution in [2.24, 2.45) is 0 Å². The number of hydrogen-bond acceptors (Lipinski definition) is 3. The smallest absolute Gasteiger partial charge is 0.174 e. The molecule has 1 aliphatic heterocycles. The molecule has 2 atom stereocenters. The fourth-order valence-corrected chi connectivity index (χ4v) is 4.67. The lowest BCUT2D eigenvalue weighted by molar-refractivity contribution is 0.412. The molecule has 0 spiro atoms. The third-order valence-corrected chi connectivity index (χ3v) is 6.15. The molecular formula is C26H24N4OS. The van der Waals surface area contributed by atoms with E-state index in [1.165, 1.54) is 5.56 Å². The van der Waals surface area contributed by atoms with Crippen LogP contribution >= 0.6 is 12.2 Å². The Kier molecular flexibility index (Phi) is 5.37. The van der Waals surface area contributed by atoms with E-state index in [1.807, 2.05) is 42.6 Å². The Labute approximate surface area is 193 Å². The molecule has 2 aromatic carbocycles. The van der Waals surface area contributed by atoms with Gasteiger partial charge in [-0.15, -0.1) is 0 Å². The molecule has 0 unspecified atom stereocenters. The Morgan fingerprint density at radius 3 is 2.47 bits per heavy atom. The second-order valence-electron chi connectivity index (χ2n) is 7.81. The van der Waals surface area contributed by atoms with Gasteiger partial charge in [0.1, 0.15) is 11.8 Å². The van der Waals surface area contributed by atoms with Crippen LogP contribution in [0.3, 0.4) is 0 Å². The summed E-state index contributed by atoms with van der Waals surface area (Å²) in [5.41, 5.74) is 5.28. The molecule has 160 valence electrons. The zero-order valence-corrected chi connectivity index (χ0v) is 18.8. The van der Waals surface area contributed by atoms with Crippen molar-refractivity contribution >= 4 is 23.0 Å². The van der Waals surface area contributed by atoms with E-state index >= 15 is 0 Å². The Bertz CT molecular complexity index is 1240. The van der Waals surface area contributed by atoms with Crippen LogP contribution in [-0.2, 0) is 0 Å². The maximum absolute atomic E-state index is 5.85. The summed E-state index contributed by atoms with van der Waals surface area (Å²) in [4.78, 5) is 6.84. The maximum Gasteiger partial charge on any atom is 0.174 e. The number of nitrogens with one attached hydrogen (secondary N) is 1. The number of hydrogen-bond donors (Lipinski definition) is 1. The summed E-state index contributed by atoms with van der Waals surface area (Å²) in [5.74, 6) is 0.815. The van der Waals surface area contributed by atoms with Crippen LogP contribution in [-0.4, -0.2) is 21.8 Å². The van der Waals surface area contributed by atoms with Crippen LogP contribution in [0.2, 0.25) is 0 Å². The van der Waals surface area contributed by atoms with Crippen molar-refractivity contribution in [2.45, 2.75) is 19.0 Å². The number of ether oxygens (including phenoxy) is 1. The normalized spacial score (nSPS) is 17.9. The van der Waals surface area contributed by atoms with Gasteiger partial charge >= 0.3 is 0 Å². The van der Waals surface area contributed by atoms with E-state index in [0.717, 1.165) is 28.5 Å². The van der Waals surface area contributed by atoms with Gasteiger partial charge in [-0.3, -0.25) is 4.98 Å². The van der Waals surface area contributed by atoms with Crippen molar-refractivity contribution in [1.82, 2.24) is 14.9 Å². The number of methoxy groups -OCH3 is 1. The number of nitrogens with zero attached hydrogens (tertiary/aromatic N) is 3. The Morgan fingerprint density at radius 1 is 0.938 bits per heavy atom. The van der Waals surface area contributed by atoms with Crippen molar-refractivity contribution < 1.29 is 4.74 Å². The highest BCUT2D eigenvalue weighted by Gasteiger charge is 2.42. The monoisotopic (exact) mass is 440 g/mol. The van der Waals surface area contributed by atoms with Gasteiger partial charge in [-0.1, -0.05) is 35.9 Å². The first kappa shape index (κ1) is 20.3. The van der Waals surface area contributed by atoms with Gasteiger partial charge in [0, 0.05) is 23.8 Å². The van der Waals surface area contributed by atoms with Crippen molar-refractivity contribution in [3.63, 3.8) is 0 Å². The molecule has 2 aromatic heterocycles. The molecule has 0 radical (unpaired) electrons. The highest BCUT2D eigenvalue weighted by molar-refractivity contribution is 7.80. The number of aromatic nitrogens is 2. The minimum Gasteiger partial charge on any atom is -0.495 e. The Hall–Kier alpha value is -3.64. The lowest BCUT2D eigenvalue weighted by Gasteiger charge is -2.29. The third-order valence-electron chi connectivity index (χ3n) is 5.84. The molecule has 0 amide bonds. The molecule has 3 heterocycles. The third kappa shape index (κ3) is 3.52. The molecule has 6 heteroatoms. The first-order valence-electron chi connectivity index (χ1n) is 10.6. The molecule has 32 heavy (non-hydrogen) atoms. The molecule has 0 aliphatic carbocycles. The van der Waals surface area contributed by atoms with Gasteiger partial charge in [0.2, 0.25) is 0 Å². The second kappa shape index (κ2) is 8.48. The van der Waals surface area contributed by atoms with Crippen molar-refractivity contribution in [1.29, 1.82) is 0 Å². The highest BCUT2D eigenvalue weighted by atomic mass is 32.1. The van der Waals surface area contributed by atoms with E-state index in [1.54, 1.807) is 7.11 Å². The molecule has 1 saturated heterocycles. The molecule has 0 bridgehead atoms. The Morgan fingerprint density at radius 2 is 1.72 bits per heavy atom. The van der Waals surface area contributed by atoms with Crippen LogP contribution in [0.1, 0.15) is 29.0 Å². The predicted octanol–water partition coefficient (Wildman–Crippen LogP) is 5.37. The first-order valence-corrected chi connectivity index (χ1v) is 11.0. The number of benzene rings is 2. The van der Waals surface area contributed by atoms with Gasteiger partial charge in [-0.05, 0) is 67.7 Å². The molecule has 1 fully saturated rings. The Balaban J connectivity index is 1.68. The SMILES string of the molecule is COc1ccccc1-n1cccc1[C@@H]1[C@@H](c2ccccn2)NC(=S)N1c1ccc(C)cc1. The number of para-hydroxylation sites is 2. The summed E-state index contributed by atoms with van der Waals surface area (Å²) in [6.45, 7) is 2.09. The number of anilines is 1. The van der Waals surface area contributed by atoms with E-state index in [4.69, 9.17) is 17.0 Å². The molecule has 5 nitrogen and oxygen atoms in total. The number of pyridine rings is 1. The van der Waals surface area contributed by atoms with Gasteiger partial charge < -0.3 is 19.5 Å². The molecule has 0 saturated carbocycles. The standard InChI is InChI=1S/C26H24N4OS/c1-18-12-14-19(15-13-18)30-25(24(28-26(30)32)20-8-5-6-16-27-20)22-10-7-17-29(22)21-9-3-4-11-23(21)31-2/h3-17,24-25H,1-2H3,(H,28,32)/t24-,25-/m1/s1. The van der Waals surface area contributed by atoms with Crippen molar-refractivity contribution in [3.8, 4) is 11.4 Å². The first-order chi connectivity index (χ1) is 15.7. The molecular weight excluding hydrogens is 416 g/mol. The summed E-state index contributed by atoms with van der Waals surface area (Å²) < 4.78 is 7.83. The summed E-state index contributed by atoms with van der Waals surface area (Å²) in [6.07, 6.45) is 3.89. The van der Waals surface area contributed by atoms with Crippen LogP contribution in [0.15, 0.2) is 91.3 Å². The zero-order valence-electron chi connectivity index (χ0n) is 18.0. The highest BCUT2D eigenvalue weighted by Crippen LogP contribution is 2.42. The number of thiocarbonyl (C=S) groups is 1. The summed E-state index contributed by atoms with van der Waals surface area (Å²) in [5, 5.41) is 4.21. The average molecular weight is 441 g/mol. The molecule has 4 aromatic rings. The minimum absolute atomic E-state index is 0.0972. The van der Waals surface area contributed by atoms with E-state index in [0.29, 0.717) is 5.11 Å². The minimum atomic E-state index is -0.103. The predicted molar refractivity (Wildman–Crippen MR) is 131 cm³/mol. The van der Waals surface area contributed by atoms with E-state index in [2.05, 4.69) is 75.4 Å². The summed E-state index contributed by atoms with van der Waals surface area (Å²) in [7, 11) is 1.70. The topological polar surface area (TPSA) is 42.3 Å². The quantitative estimate of drug-likeness (QED) is 0.423. The van der Waals surface area contributed by atoms with E-state index < -0.39 is 0 Å². The maximum atomic E-state index is 5.85. The zero-order chi connectivity index (χ0) is 22.1. The largest absolute Gasteiger partial charge is 0.495 e. The fourth-order valence-electron chi connectivity index (χ4n) is 4.32. The van der Waals surface area contributed by atoms with Crippen LogP contribution in [0.4, 0.5) is 5.69 Å². The van der Waals surface area contributed by atoms with E-state index in [-0.39, 0.29) is 12.1 Å². The lowest BCUT2D eigenvalue weighted by atomic mass is 10.0. The van der Waals surface area contributed by atoms with Crippen molar-refractivity contribution in [3.05, 3.63) is 108 Å². The second-order valence-corrected chi connectivity index (χ2v) is 8.19. The van der Waals surface area contributed by atoms with Crippen LogP contribution in [0, 0.1) is 6.92 Å². The average Bonchev–Trinajstić information content (AvgIpc) is 3.44. The van der Waals surface area contributed by atoms with Gasteiger partial charge in [0.05, 0.1) is 24.5 Å². The van der Waals surface area contributed by atoms with Gasteiger partial charge in [-0.2, -0.15) is 0 Å². The molecule has 5 rings (SSSR count). The molecule has 1 aliphatic rings. The number of aryl methyl sites for hydroxylation is 1. The number of rotatable bonds is 5. The van der Waals surface area contributed by atoms with Crippen molar-refractivity contribution in [2.75, 3.05) is 12.0 Å². The van der Waals surface area contributed by atoms with Gasteiger partial charge in [0.25, 0.3) is 0 Å².